The second-order valence-electron chi connectivity index (χ2n) is 4.53. The molecular formula is C13H16N2O2Se. The van der Waals surface area contributed by atoms with E-state index in [2.05, 4.69) is 22.7 Å². The summed E-state index contributed by atoms with van der Waals surface area (Å²) in [6.07, 6.45) is 1.60. The van der Waals surface area contributed by atoms with Gasteiger partial charge in [0.15, 0.2) is 0 Å². The number of aromatic nitrogens is 2. The fourth-order valence-corrected chi connectivity index (χ4v) is 5.87. The summed E-state index contributed by atoms with van der Waals surface area (Å²) >= 11 is -2.32. The van der Waals surface area contributed by atoms with Gasteiger partial charge >= 0.3 is 108 Å². The standard InChI is InChI=1S/C13H16N2O2Se/c1-10-5-4-6-11(9-10)18(2,3)15-8-7-12(16)14-13(15)17/h4-9H,1-3H3,(H,14,16,17). The normalized spacial score (nSPS) is 12.4. The molecule has 1 heterocycles. The molecule has 0 unspecified atom stereocenters. The average molecular weight is 311 g/mol. The van der Waals surface area contributed by atoms with Crippen molar-refractivity contribution in [3.8, 4) is 0 Å². The molecule has 0 atom stereocenters. The molecule has 0 aliphatic rings. The van der Waals surface area contributed by atoms with Crippen LogP contribution in [0.25, 0.3) is 0 Å². The third-order valence-electron chi connectivity index (χ3n) is 2.85. The number of benzene rings is 1. The summed E-state index contributed by atoms with van der Waals surface area (Å²) in [7, 11) is 0. The van der Waals surface area contributed by atoms with E-state index in [1.54, 1.807) is 9.78 Å². The molecule has 0 amide bonds. The molecule has 0 aliphatic heterocycles. The second-order valence-corrected chi connectivity index (χ2v) is 11.7. The molecule has 2 aromatic rings. The molecule has 5 heteroatoms. The fraction of sp³-hybridized carbons (Fsp3) is 0.231. The van der Waals surface area contributed by atoms with Crippen molar-refractivity contribution >= 4 is 17.5 Å². The van der Waals surface area contributed by atoms with Gasteiger partial charge in [0.05, 0.1) is 0 Å². The molecule has 0 fully saturated rings. The predicted octanol–water partition coefficient (Wildman–Crippen LogP) is 0.805. The fourth-order valence-electron chi connectivity index (χ4n) is 1.80. The van der Waals surface area contributed by atoms with Crippen molar-refractivity contribution in [3.05, 3.63) is 62.9 Å². The Labute approximate surface area is 108 Å². The van der Waals surface area contributed by atoms with E-state index >= 15 is 0 Å². The van der Waals surface area contributed by atoms with E-state index < -0.39 is 13.1 Å². The average Bonchev–Trinajstić information content (AvgIpc) is 2.28. The molecule has 0 saturated carbocycles. The second kappa shape index (κ2) is 4.59. The third-order valence-corrected chi connectivity index (χ3v) is 8.47. The molecule has 0 bridgehead atoms. The summed E-state index contributed by atoms with van der Waals surface area (Å²) in [6.45, 7) is 2.03. The van der Waals surface area contributed by atoms with E-state index in [1.807, 2.05) is 25.1 Å². The molecule has 96 valence electrons. The molecule has 0 radical (unpaired) electrons. The zero-order valence-corrected chi connectivity index (χ0v) is 12.3. The molecule has 4 nitrogen and oxygen atoms in total. The molecule has 18 heavy (non-hydrogen) atoms. The van der Waals surface area contributed by atoms with Crippen LogP contribution in [0.3, 0.4) is 0 Å². The minimum atomic E-state index is -2.32. The van der Waals surface area contributed by atoms with Crippen molar-refractivity contribution in [2.24, 2.45) is 0 Å². The third kappa shape index (κ3) is 2.32. The Morgan fingerprint density at radius 3 is 2.50 bits per heavy atom. The summed E-state index contributed by atoms with van der Waals surface area (Å²) in [6, 6.07) is 9.59. The van der Waals surface area contributed by atoms with E-state index in [0.29, 0.717) is 0 Å². The van der Waals surface area contributed by atoms with Gasteiger partial charge in [-0.15, -0.1) is 0 Å². The topological polar surface area (TPSA) is 54.9 Å². The summed E-state index contributed by atoms with van der Waals surface area (Å²) < 4.78 is 2.87. The number of hydrogen-bond donors (Lipinski definition) is 1. The van der Waals surface area contributed by atoms with Crippen LogP contribution in [0.5, 0.6) is 0 Å². The number of rotatable bonds is 2. The summed E-state index contributed by atoms with van der Waals surface area (Å²) in [5.41, 5.74) is 0.498. The van der Waals surface area contributed by atoms with Gasteiger partial charge in [-0.1, -0.05) is 0 Å². The van der Waals surface area contributed by atoms with E-state index in [9.17, 15) is 9.59 Å². The van der Waals surface area contributed by atoms with Crippen LogP contribution in [0.1, 0.15) is 5.56 Å². The first-order valence-corrected chi connectivity index (χ1v) is 10.6. The summed E-state index contributed by atoms with van der Waals surface area (Å²) in [4.78, 5) is 25.3. The van der Waals surface area contributed by atoms with Crippen molar-refractivity contribution in [1.82, 2.24) is 8.57 Å². The molecule has 1 aromatic carbocycles. The SMILES string of the molecule is Cc1cccc([Se](C)(C)n2ccc(=O)[nH]c2=O)c1. The van der Waals surface area contributed by atoms with Crippen LogP contribution in [0.2, 0.25) is 11.6 Å². The molecule has 0 spiro atoms. The Morgan fingerprint density at radius 1 is 1.17 bits per heavy atom. The summed E-state index contributed by atoms with van der Waals surface area (Å²) in [5, 5.41) is 0. The van der Waals surface area contributed by atoms with Crippen LogP contribution in [0, 0.1) is 6.92 Å². The van der Waals surface area contributed by atoms with E-state index in [4.69, 9.17) is 0 Å². The van der Waals surface area contributed by atoms with Crippen molar-refractivity contribution < 1.29 is 0 Å². The van der Waals surface area contributed by atoms with Gasteiger partial charge in [0.2, 0.25) is 0 Å². The number of aryl methyl sites for hydroxylation is 1. The number of nitrogens with zero attached hydrogens (tertiary/aromatic N) is 1. The molecule has 0 saturated heterocycles. The molecule has 1 aromatic heterocycles. The molecule has 0 aliphatic carbocycles. The Balaban J connectivity index is 2.61. The van der Waals surface area contributed by atoms with Gasteiger partial charge in [-0.25, -0.2) is 0 Å². The first-order chi connectivity index (χ1) is 8.41. The zero-order chi connectivity index (χ0) is 13.3. The van der Waals surface area contributed by atoms with Crippen molar-refractivity contribution in [2.45, 2.75) is 18.6 Å². The van der Waals surface area contributed by atoms with Crippen LogP contribution in [-0.2, 0) is 0 Å². The summed E-state index contributed by atoms with van der Waals surface area (Å²) in [5.74, 6) is 4.20. The van der Waals surface area contributed by atoms with E-state index in [-0.39, 0.29) is 11.2 Å². The Hall–Kier alpha value is -1.58. The molecular weight excluding hydrogens is 295 g/mol. The van der Waals surface area contributed by atoms with Crippen LogP contribution in [-0.4, -0.2) is 21.6 Å². The van der Waals surface area contributed by atoms with E-state index in [1.165, 1.54) is 16.1 Å². The number of hydrogen-bond acceptors (Lipinski definition) is 2. The van der Waals surface area contributed by atoms with Gasteiger partial charge in [0, 0.05) is 0 Å². The Bertz CT molecular complexity index is 686. The molecule has 1 N–H and O–H groups in total. The van der Waals surface area contributed by atoms with Crippen molar-refractivity contribution in [1.29, 1.82) is 0 Å². The van der Waals surface area contributed by atoms with Gasteiger partial charge in [-0.05, 0) is 0 Å². The monoisotopic (exact) mass is 312 g/mol. The Kier molecular flexibility index (Phi) is 3.28. The van der Waals surface area contributed by atoms with Gasteiger partial charge in [0.25, 0.3) is 0 Å². The number of nitrogens with one attached hydrogen (secondary N) is 1. The van der Waals surface area contributed by atoms with Crippen LogP contribution in [0.4, 0.5) is 0 Å². The first kappa shape index (κ1) is 12.9. The van der Waals surface area contributed by atoms with Crippen LogP contribution >= 0.6 is 0 Å². The van der Waals surface area contributed by atoms with Gasteiger partial charge < -0.3 is 0 Å². The van der Waals surface area contributed by atoms with E-state index in [0.717, 1.165) is 0 Å². The van der Waals surface area contributed by atoms with Crippen LogP contribution < -0.4 is 15.7 Å². The first-order valence-electron chi connectivity index (χ1n) is 5.54. The molecule has 2 rings (SSSR count). The number of aromatic amines is 1. The van der Waals surface area contributed by atoms with Crippen molar-refractivity contribution in [3.63, 3.8) is 0 Å². The number of H-pyrrole nitrogens is 1. The maximum absolute atomic E-state index is 11.9. The van der Waals surface area contributed by atoms with Gasteiger partial charge in [-0.3, -0.25) is 0 Å². The van der Waals surface area contributed by atoms with Gasteiger partial charge in [-0.2, -0.15) is 0 Å². The quantitative estimate of drug-likeness (QED) is 0.834. The maximum atomic E-state index is 11.9. The Morgan fingerprint density at radius 2 is 1.89 bits per heavy atom. The van der Waals surface area contributed by atoms with Crippen LogP contribution in [0.15, 0.2) is 46.1 Å². The van der Waals surface area contributed by atoms with Gasteiger partial charge in [0.1, 0.15) is 0 Å². The van der Waals surface area contributed by atoms with Crippen molar-refractivity contribution in [2.75, 3.05) is 0 Å². The minimum absolute atomic E-state index is 0.325. The predicted molar refractivity (Wildman–Crippen MR) is 75.0 cm³/mol. The zero-order valence-electron chi connectivity index (χ0n) is 10.6.